The molecular weight excluding hydrogens is 244 g/mol. The summed E-state index contributed by atoms with van der Waals surface area (Å²) in [5.74, 6) is 0.790. The molecule has 0 spiro atoms. The second-order valence-electron chi connectivity index (χ2n) is 4.28. The highest BCUT2D eigenvalue weighted by Gasteiger charge is 2.12. The van der Waals surface area contributed by atoms with Crippen LogP contribution in [0.3, 0.4) is 0 Å². The zero-order chi connectivity index (χ0) is 12.9. The molecule has 2 aromatic rings. The Bertz CT molecular complexity index is 508. The van der Waals surface area contributed by atoms with Crippen LogP contribution < -0.4 is 5.43 Å². The summed E-state index contributed by atoms with van der Waals surface area (Å²) in [6, 6.07) is 9.87. The zero-order valence-corrected chi connectivity index (χ0v) is 10.6. The van der Waals surface area contributed by atoms with Gasteiger partial charge in [-0.15, -0.1) is 5.10 Å². The number of rotatable bonds is 4. The van der Waals surface area contributed by atoms with Crippen LogP contribution in [0.1, 0.15) is 5.82 Å². The highest BCUT2D eigenvalue weighted by atomic mass is 16.5. The minimum Gasteiger partial charge on any atom is -0.379 e. The molecule has 0 bridgehead atoms. The Hall–Kier alpha value is -1.83. The van der Waals surface area contributed by atoms with E-state index in [2.05, 4.69) is 26.0 Å². The Balaban J connectivity index is 1.67. The highest BCUT2D eigenvalue weighted by Crippen LogP contribution is 2.06. The molecule has 1 aromatic carbocycles. The van der Waals surface area contributed by atoms with Crippen molar-refractivity contribution in [2.24, 2.45) is 0 Å². The van der Waals surface area contributed by atoms with Gasteiger partial charge in [0.15, 0.2) is 5.82 Å². The second-order valence-corrected chi connectivity index (χ2v) is 4.28. The Labute approximate surface area is 111 Å². The van der Waals surface area contributed by atoms with Gasteiger partial charge in [0, 0.05) is 13.1 Å². The van der Waals surface area contributed by atoms with Crippen molar-refractivity contribution in [3.05, 3.63) is 36.2 Å². The number of hydrazine groups is 1. The van der Waals surface area contributed by atoms with Gasteiger partial charge in [0.1, 0.15) is 0 Å². The van der Waals surface area contributed by atoms with Gasteiger partial charge < -0.3 is 4.74 Å². The molecule has 19 heavy (non-hydrogen) atoms. The number of ether oxygens (including phenoxy) is 1. The van der Waals surface area contributed by atoms with Gasteiger partial charge in [-0.05, 0) is 22.6 Å². The van der Waals surface area contributed by atoms with Gasteiger partial charge in [-0.25, -0.2) is 10.4 Å². The fourth-order valence-corrected chi connectivity index (χ4v) is 1.99. The van der Waals surface area contributed by atoms with E-state index in [4.69, 9.17) is 4.74 Å². The van der Waals surface area contributed by atoms with Gasteiger partial charge in [-0.3, -0.25) is 0 Å². The van der Waals surface area contributed by atoms with E-state index < -0.39 is 0 Å². The third-order valence-electron chi connectivity index (χ3n) is 3.01. The summed E-state index contributed by atoms with van der Waals surface area (Å²) < 4.78 is 7.05. The molecule has 1 aliphatic heterocycles. The number of hydrogen-bond donors (Lipinski definition) is 1. The zero-order valence-electron chi connectivity index (χ0n) is 10.6. The number of para-hydroxylation sites is 1. The molecule has 7 heteroatoms. The first-order chi connectivity index (χ1) is 9.43. The van der Waals surface area contributed by atoms with Gasteiger partial charge in [-0.1, -0.05) is 18.2 Å². The number of tetrazole rings is 1. The summed E-state index contributed by atoms with van der Waals surface area (Å²) in [7, 11) is 0. The topological polar surface area (TPSA) is 68.1 Å². The molecule has 1 fully saturated rings. The van der Waals surface area contributed by atoms with Crippen LogP contribution in [0.25, 0.3) is 5.69 Å². The van der Waals surface area contributed by atoms with Crippen LogP contribution in [0.15, 0.2) is 30.3 Å². The summed E-state index contributed by atoms with van der Waals surface area (Å²) in [6.07, 6.45) is 0. The van der Waals surface area contributed by atoms with Crippen molar-refractivity contribution in [3.8, 4) is 5.69 Å². The summed E-state index contributed by atoms with van der Waals surface area (Å²) in [4.78, 5) is 0. The lowest BCUT2D eigenvalue weighted by Gasteiger charge is -2.26. The summed E-state index contributed by atoms with van der Waals surface area (Å²) in [5, 5.41) is 14.0. The molecule has 100 valence electrons. The summed E-state index contributed by atoms with van der Waals surface area (Å²) >= 11 is 0. The summed E-state index contributed by atoms with van der Waals surface area (Å²) in [6.45, 7) is 3.88. The van der Waals surface area contributed by atoms with Gasteiger partial charge in [-0.2, -0.15) is 4.68 Å². The fourth-order valence-electron chi connectivity index (χ4n) is 1.99. The molecule has 0 unspecified atom stereocenters. The number of nitrogens with zero attached hydrogens (tertiary/aromatic N) is 5. The number of hydrogen-bond acceptors (Lipinski definition) is 6. The Morgan fingerprint density at radius 1 is 1.16 bits per heavy atom. The van der Waals surface area contributed by atoms with E-state index >= 15 is 0 Å². The van der Waals surface area contributed by atoms with Crippen molar-refractivity contribution < 1.29 is 4.74 Å². The average Bonchev–Trinajstić information content (AvgIpc) is 2.95. The van der Waals surface area contributed by atoms with Crippen molar-refractivity contribution >= 4 is 0 Å². The van der Waals surface area contributed by atoms with E-state index in [1.807, 2.05) is 30.3 Å². The first kappa shape index (κ1) is 12.2. The molecule has 1 aromatic heterocycles. The van der Waals surface area contributed by atoms with Gasteiger partial charge in [0.2, 0.25) is 0 Å². The number of nitrogens with one attached hydrogen (secondary N) is 1. The molecule has 1 N–H and O–H groups in total. The minimum absolute atomic E-state index is 0.599. The normalized spacial score (nSPS) is 16.6. The predicted molar refractivity (Wildman–Crippen MR) is 68.4 cm³/mol. The van der Waals surface area contributed by atoms with Crippen molar-refractivity contribution in [2.45, 2.75) is 6.54 Å². The number of morpholine rings is 1. The maximum atomic E-state index is 5.30. The van der Waals surface area contributed by atoms with Crippen molar-refractivity contribution in [1.82, 2.24) is 30.6 Å². The van der Waals surface area contributed by atoms with E-state index in [0.29, 0.717) is 6.54 Å². The molecule has 0 saturated carbocycles. The average molecular weight is 260 g/mol. The SMILES string of the molecule is c1ccc(-n2nnnc2CNN2CCOCC2)cc1. The first-order valence-electron chi connectivity index (χ1n) is 6.32. The van der Waals surface area contributed by atoms with Crippen LogP contribution in [0.4, 0.5) is 0 Å². The minimum atomic E-state index is 0.599. The smallest absolute Gasteiger partial charge is 0.171 e. The summed E-state index contributed by atoms with van der Waals surface area (Å²) in [5.41, 5.74) is 4.29. The van der Waals surface area contributed by atoms with Crippen molar-refractivity contribution in [1.29, 1.82) is 0 Å². The molecular formula is C12H16N6O. The standard InChI is InChI=1S/C12H16N6O/c1-2-4-11(5-3-1)18-12(14-15-16-18)10-13-17-6-8-19-9-7-17/h1-5,13H,6-10H2. The third-order valence-corrected chi connectivity index (χ3v) is 3.01. The van der Waals surface area contributed by atoms with Crippen molar-refractivity contribution in [2.75, 3.05) is 26.3 Å². The van der Waals surface area contributed by atoms with E-state index in [1.54, 1.807) is 4.68 Å². The van der Waals surface area contributed by atoms with Gasteiger partial charge in [0.05, 0.1) is 25.4 Å². The largest absolute Gasteiger partial charge is 0.379 e. The van der Waals surface area contributed by atoms with Crippen molar-refractivity contribution in [3.63, 3.8) is 0 Å². The van der Waals surface area contributed by atoms with E-state index in [-0.39, 0.29) is 0 Å². The quantitative estimate of drug-likeness (QED) is 0.834. The highest BCUT2D eigenvalue weighted by molar-refractivity contribution is 5.30. The Morgan fingerprint density at radius 2 is 1.95 bits per heavy atom. The molecule has 1 saturated heterocycles. The monoisotopic (exact) mass is 260 g/mol. The van der Waals surface area contributed by atoms with E-state index in [9.17, 15) is 0 Å². The maximum absolute atomic E-state index is 5.30. The predicted octanol–water partition coefficient (Wildman–Crippen LogP) is -0.000900. The lowest BCUT2D eigenvalue weighted by Crippen LogP contribution is -2.45. The number of benzene rings is 1. The molecule has 0 radical (unpaired) electrons. The van der Waals surface area contributed by atoms with Gasteiger partial charge >= 0.3 is 0 Å². The maximum Gasteiger partial charge on any atom is 0.171 e. The molecule has 0 atom stereocenters. The molecule has 0 aliphatic carbocycles. The lowest BCUT2D eigenvalue weighted by molar-refractivity contribution is 0.00999. The number of aromatic nitrogens is 4. The lowest BCUT2D eigenvalue weighted by atomic mass is 10.3. The second kappa shape index (κ2) is 5.87. The Morgan fingerprint density at radius 3 is 2.74 bits per heavy atom. The molecule has 0 amide bonds. The molecule has 3 rings (SSSR count). The van der Waals surface area contributed by atoms with E-state index in [1.165, 1.54) is 0 Å². The third kappa shape index (κ3) is 2.95. The first-order valence-corrected chi connectivity index (χ1v) is 6.32. The van der Waals surface area contributed by atoms with Gasteiger partial charge in [0.25, 0.3) is 0 Å². The van der Waals surface area contributed by atoms with Crippen LogP contribution in [0.5, 0.6) is 0 Å². The molecule has 1 aliphatic rings. The van der Waals surface area contributed by atoms with Crippen LogP contribution in [0.2, 0.25) is 0 Å². The van der Waals surface area contributed by atoms with Crippen LogP contribution in [-0.4, -0.2) is 51.5 Å². The Kier molecular flexibility index (Phi) is 3.78. The molecule has 2 heterocycles. The van der Waals surface area contributed by atoms with E-state index in [0.717, 1.165) is 37.8 Å². The van der Waals surface area contributed by atoms with Crippen LogP contribution in [0, 0.1) is 0 Å². The fraction of sp³-hybridized carbons (Fsp3) is 0.417. The molecule has 7 nitrogen and oxygen atoms in total. The van der Waals surface area contributed by atoms with Crippen LogP contribution >= 0.6 is 0 Å². The van der Waals surface area contributed by atoms with Crippen LogP contribution in [-0.2, 0) is 11.3 Å².